The van der Waals surface area contributed by atoms with Gasteiger partial charge in [0.15, 0.2) is 5.82 Å². The molecule has 7 nitrogen and oxygen atoms in total. The van der Waals surface area contributed by atoms with Crippen molar-refractivity contribution in [3.63, 3.8) is 0 Å². The maximum atomic E-state index is 10.2. The van der Waals surface area contributed by atoms with Crippen LogP contribution in [-0.2, 0) is 21.1 Å². The van der Waals surface area contributed by atoms with Crippen molar-refractivity contribution in [2.24, 2.45) is 5.14 Å². The van der Waals surface area contributed by atoms with Crippen LogP contribution in [0.15, 0.2) is 6.33 Å². The van der Waals surface area contributed by atoms with Crippen molar-refractivity contribution in [3.8, 4) is 0 Å². The highest BCUT2D eigenvalue weighted by Gasteiger charge is 2.03. The van der Waals surface area contributed by atoms with Crippen LogP contribution >= 0.6 is 0 Å². The maximum absolute atomic E-state index is 10.2. The molecule has 0 saturated heterocycles. The number of nitrogens with two attached hydrogens (primary N) is 1. The Morgan fingerprint density at radius 3 is 2.91 bits per heavy atom. The van der Waals surface area contributed by atoms with Gasteiger partial charge in [-0.15, -0.1) is 0 Å². The highest BCUT2D eigenvalue weighted by Crippen LogP contribution is 1.91. The van der Waals surface area contributed by atoms with E-state index in [1.165, 1.54) is 6.33 Å². The highest BCUT2D eigenvalue weighted by atomic mass is 32.2. The van der Waals surface area contributed by atoms with Gasteiger partial charge in [-0.25, -0.2) is 10.1 Å². The van der Waals surface area contributed by atoms with E-state index >= 15 is 0 Å². The van der Waals surface area contributed by atoms with Gasteiger partial charge in [0, 0.05) is 0 Å². The summed E-state index contributed by atoms with van der Waals surface area (Å²) in [4.78, 5) is 3.61. The summed E-state index contributed by atoms with van der Waals surface area (Å²) in [6, 6.07) is 0. The van der Waals surface area contributed by atoms with Crippen LogP contribution < -0.4 is 5.14 Å². The lowest BCUT2D eigenvalue weighted by Gasteiger charge is -1.94. The van der Waals surface area contributed by atoms with Crippen molar-refractivity contribution in [1.82, 2.24) is 15.2 Å². The smallest absolute Gasteiger partial charge is 0.261 e. The third-order valence-electron chi connectivity index (χ3n) is 0.825. The average Bonchev–Trinajstić information content (AvgIpc) is 2.32. The van der Waals surface area contributed by atoms with Crippen molar-refractivity contribution < 1.29 is 12.6 Å². The molecule has 11 heavy (non-hydrogen) atoms. The lowest BCUT2D eigenvalue weighted by Crippen LogP contribution is -2.15. The van der Waals surface area contributed by atoms with Crippen LogP contribution in [0.4, 0.5) is 0 Å². The van der Waals surface area contributed by atoms with E-state index in [0.29, 0.717) is 5.82 Å². The number of rotatable bonds is 3. The largest absolute Gasteiger partial charge is 0.333 e. The highest BCUT2D eigenvalue weighted by molar-refractivity contribution is 7.84. The molecule has 0 bridgehead atoms. The molecule has 0 spiro atoms. The predicted octanol–water partition coefficient (Wildman–Crippen LogP) is -1.48. The van der Waals surface area contributed by atoms with E-state index in [9.17, 15) is 8.42 Å². The van der Waals surface area contributed by atoms with Gasteiger partial charge in [0.05, 0.1) is 0 Å². The molecule has 1 rings (SSSR count). The third kappa shape index (κ3) is 3.07. The van der Waals surface area contributed by atoms with Crippen molar-refractivity contribution >= 4 is 10.3 Å². The first kappa shape index (κ1) is 8.11. The average molecular weight is 178 g/mol. The van der Waals surface area contributed by atoms with E-state index in [-0.39, 0.29) is 6.61 Å². The van der Waals surface area contributed by atoms with E-state index in [1.807, 2.05) is 0 Å². The molecular formula is C3H6N4O3S. The molecule has 1 aromatic heterocycles. The third-order valence-corrected chi connectivity index (χ3v) is 1.27. The lowest BCUT2D eigenvalue weighted by molar-refractivity contribution is 0.299. The lowest BCUT2D eigenvalue weighted by atomic mass is 10.7. The molecule has 0 aromatic carbocycles. The number of hydrogen-bond donors (Lipinski definition) is 2. The molecule has 0 radical (unpaired) electrons. The van der Waals surface area contributed by atoms with E-state index in [2.05, 4.69) is 24.5 Å². The second-order valence-electron chi connectivity index (χ2n) is 1.69. The van der Waals surface area contributed by atoms with E-state index in [4.69, 9.17) is 0 Å². The van der Waals surface area contributed by atoms with Crippen molar-refractivity contribution in [1.29, 1.82) is 0 Å². The molecule has 0 aliphatic rings. The Balaban J connectivity index is 2.48. The van der Waals surface area contributed by atoms with E-state index in [0.717, 1.165) is 0 Å². The Bertz CT molecular complexity index is 303. The molecule has 0 fully saturated rings. The molecule has 8 heteroatoms. The predicted molar refractivity (Wildman–Crippen MR) is 34.3 cm³/mol. The Kier molecular flexibility index (Phi) is 2.17. The van der Waals surface area contributed by atoms with Crippen molar-refractivity contribution in [2.45, 2.75) is 6.61 Å². The molecule has 62 valence electrons. The molecular weight excluding hydrogens is 172 g/mol. The summed E-state index contributed by atoms with van der Waals surface area (Å²) in [5.74, 6) is 0.305. The molecule has 0 aliphatic carbocycles. The van der Waals surface area contributed by atoms with E-state index < -0.39 is 10.3 Å². The first-order chi connectivity index (χ1) is 5.08. The number of hydrogen-bond acceptors (Lipinski definition) is 5. The van der Waals surface area contributed by atoms with Gasteiger partial charge in [-0.05, 0) is 0 Å². The minimum Gasteiger partial charge on any atom is -0.261 e. The van der Waals surface area contributed by atoms with Crippen LogP contribution in [0.3, 0.4) is 0 Å². The quantitative estimate of drug-likeness (QED) is 0.586. The summed E-state index contributed by atoms with van der Waals surface area (Å²) in [5.41, 5.74) is 0. The molecule has 0 atom stereocenters. The van der Waals surface area contributed by atoms with Gasteiger partial charge in [-0.1, -0.05) is 0 Å². The minimum absolute atomic E-state index is 0.223. The Morgan fingerprint density at radius 2 is 2.45 bits per heavy atom. The van der Waals surface area contributed by atoms with Crippen LogP contribution in [0.5, 0.6) is 0 Å². The van der Waals surface area contributed by atoms with Gasteiger partial charge in [0.1, 0.15) is 12.9 Å². The fourth-order valence-electron chi connectivity index (χ4n) is 0.438. The Labute approximate surface area is 62.8 Å². The molecule has 0 unspecified atom stereocenters. The molecule has 0 saturated carbocycles. The fourth-order valence-corrected chi connectivity index (χ4v) is 0.714. The summed E-state index contributed by atoms with van der Waals surface area (Å²) in [6.07, 6.45) is 1.24. The SMILES string of the molecule is NS(=O)(=O)OCc1ncn[nH]1. The number of H-pyrrole nitrogens is 1. The summed E-state index contributed by atoms with van der Waals surface area (Å²) in [7, 11) is -3.89. The van der Waals surface area contributed by atoms with Crippen molar-refractivity contribution in [3.05, 3.63) is 12.2 Å². The van der Waals surface area contributed by atoms with Crippen LogP contribution in [0.2, 0.25) is 0 Å². The molecule has 3 N–H and O–H groups in total. The zero-order valence-electron chi connectivity index (χ0n) is 5.39. The molecule has 1 heterocycles. The van der Waals surface area contributed by atoms with Crippen LogP contribution in [0, 0.1) is 0 Å². The first-order valence-electron chi connectivity index (χ1n) is 2.59. The number of aromatic nitrogens is 3. The van der Waals surface area contributed by atoms with Gasteiger partial charge >= 0.3 is 10.3 Å². The summed E-state index contributed by atoms with van der Waals surface area (Å²) in [6.45, 7) is -0.223. The molecule has 1 aromatic rings. The molecule has 0 amide bonds. The van der Waals surface area contributed by atoms with E-state index in [1.54, 1.807) is 0 Å². The van der Waals surface area contributed by atoms with Crippen LogP contribution in [0.1, 0.15) is 5.82 Å². The zero-order chi connectivity index (χ0) is 8.32. The topological polar surface area (TPSA) is 111 Å². The number of aromatic amines is 1. The second kappa shape index (κ2) is 2.95. The van der Waals surface area contributed by atoms with Gasteiger partial charge in [-0.3, -0.25) is 9.28 Å². The second-order valence-corrected chi connectivity index (χ2v) is 2.91. The van der Waals surface area contributed by atoms with Crippen molar-refractivity contribution in [2.75, 3.05) is 0 Å². The Morgan fingerprint density at radius 1 is 1.73 bits per heavy atom. The first-order valence-corrected chi connectivity index (χ1v) is 4.06. The summed E-state index contributed by atoms with van der Waals surface area (Å²) in [5, 5.41) is 10.4. The Hall–Kier alpha value is -0.990. The standard InChI is InChI=1S/C3H6N4O3S/c4-11(8,9)10-1-3-5-2-6-7-3/h2H,1H2,(H2,4,8,9)(H,5,6,7). The van der Waals surface area contributed by atoms with Gasteiger partial charge in [0.2, 0.25) is 0 Å². The fraction of sp³-hybridized carbons (Fsp3) is 0.333. The number of nitrogens with one attached hydrogen (secondary N) is 1. The van der Waals surface area contributed by atoms with Gasteiger partial charge in [-0.2, -0.15) is 13.5 Å². The number of nitrogens with zero attached hydrogens (tertiary/aromatic N) is 2. The molecule has 0 aliphatic heterocycles. The van der Waals surface area contributed by atoms with Crippen LogP contribution in [0.25, 0.3) is 0 Å². The van der Waals surface area contributed by atoms with Gasteiger partial charge < -0.3 is 0 Å². The minimum atomic E-state index is -3.89. The monoisotopic (exact) mass is 178 g/mol. The van der Waals surface area contributed by atoms with Crippen LogP contribution in [-0.4, -0.2) is 23.6 Å². The summed E-state index contributed by atoms with van der Waals surface area (Å²) < 4.78 is 24.6. The zero-order valence-corrected chi connectivity index (χ0v) is 6.21. The normalized spacial score (nSPS) is 11.7. The summed E-state index contributed by atoms with van der Waals surface area (Å²) >= 11 is 0. The van der Waals surface area contributed by atoms with Gasteiger partial charge in [0.25, 0.3) is 0 Å². The maximum Gasteiger partial charge on any atom is 0.333 e.